The largest absolute Gasteiger partial charge is 0.340 e. The average molecular weight is 354 g/mol. The first-order valence-corrected chi connectivity index (χ1v) is 9.66. The van der Waals surface area contributed by atoms with E-state index in [0.29, 0.717) is 17.4 Å². The summed E-state index contributed by atoms with van der Waals surface area (Å²) in [4.78, 5) is 24.0. The number of hydrogen-bond acceptors (Lipinski definition) is 3. The first kappa shape index (κ1) is 18.8. The Hall–Kier alpha value is -1.96. The molecule has 1 heterocycles. The Morgan fingerprint density at radius 2 is 2.08 bits per heavy atom. The van der Waals surface area contributed by atoms with Crippen LogP contribution in [0.3, 0.4) is 0 Å². The summed E-state index contributed by atoms with van der Waals surface area (Å²) >= 11 is 0. The van der Waals surface area contributed by atoms with Crippen molar-refractivity contribution in [1.82, 2.24) is 4.90 Å². The molecule has 1 saturated carbocycles. The molecule has 26 heavy (non-hydrogen) atoms. The maximum atomic E-state index is 12.6. The van der Waals surface area contributed by atoms with E-state index >= 15 is 0 Å². The lowest BCUT2D eigenvalue weighted by molar-refractivity contribution is -0.131. The molecule has 0 radical (unpaired) electrons. The topological polar surface area (TPSA) is 68.8 Å². The van der Waals surface area contributed by atoms with Gasteiger partial charge < -0.3 is 4.90 Å². The molecule has 2 unspecified atom stereocenters. The number of piperidine rings is 1. The van der Waals surface area contributed by atoms with E-state index in [1.807, 2.05) is 19.9 Å². The number of nitrogens with zero attached hydrogens (tertiary/aromatic N) is 4. The molecule has 5 heteroatoms. The van der Waals surface area contributed by atoms with Crippen LogP contribution in [0.5, 0.6) is 0 Å². The molecule has 2 aliphatic carbocycles. The molecule has 5 nitrogen and oxygen atoms in total. The van der Waals surface area contributed by atoms with Gasteiger partial charge in [0, 0.05) is 37.2 Å². The van der Waals surface area contributed by atoms with Gasteiger partial charge in [-0.15, -0.1) is 0 Å². The Kier molecular flexibility index (Phi) is 4.81. The van der Waals surface area contributed by atoms with Crippen molar-refractivity contribution in [3.63, 3.8) is 0 Å². The van der Waals surface area contributed by atoms with E-state index < -0.39 is 5.41 Å². The fourth-order valence-corrected chi connectivity index (χ4v) is 5.06. The second-order valence-corrected chi connectivity index (χ2v) is 9.01. The molecule has 3 aliphatic rings. The van der Waals surface area contributed by atoms with Crippen LogP contribution in [0.1, 0.15) is 47.0 Å². The Bertz CT molecular complexity index is 727. The Morgan fingerprint density at radius 1 is 1.35 bits per heavy atom. The summed E-state index contributed by atoms with van der Waals surface area (Å²) in [5.74, 6) is 2.26. The highest BCUT2D eigenvalue weighted by Gasteiger charge is 2.53. The number of likely N-dealkylation sites (tertiary alicyclic amines) is 1. The van der Waals surface area contributed by atoms with Gasteiger partial charge in [0.05, 0.1) is 5.57 Å². The molecule has 1 saturated heterocycles. The molecule has 140 valence electrons. The lowest BCUT2D eigenvalue weighted by Crippen LogP contribution is -2.56. The monoisotopic (exact) mass is 354 g/mol. The summed E-state index contributed by atoms with van der Waals surface area (Å²) in [5, 5.41) is 9.42. The summed E-state index contributed by atoms with van der Waals surface area (Å²) in [6.45, 7) is 10.00. The van der Waals surface area contributed by atoms with Crippen molar-refractivity contribution >= 4 is 18.0 Å². The van der Waals surface area contributed by atoms with Crippen LogP contribution in [0.25, 0.3) is 0 Å². The van der Waals surface area contributed by atoms with Gasteiger partial charge in [0.2, 0.25) is 5.96 Å². The highest BCUT2D eigenvalue weighted by molar-refractivity contribution is 6.04. The second kappa shape index (κ2) is 6.64. The van der Waals surface area contributed by atoms with Crippen molar-refractivity contribution in [3.05, 3.63) is 11.6 Å². The zero-order chi connectivity index (χ0) is 19.1. The number of rotatable bonds is 1. The summed E-state index contributed by atoms with van der Waals surface area (Å²) in [6, 6.07) is 2.12. The molecule has 0 aromatic rings. The first-order chi connectivity index (χ1) is 12.2. The van der Waals surface area contributed by atoms with Crippen molar-refractivity contribution in [2.45, 2.75) is 47.0 Å². The molecule has 4 atom stereocenters. The van der Waals surface area contributed by atoms with Crippen LogP contribution in [0.2, 0.25) is 0 Å². The fourth-order valence-electron chi connectivity index (χ4n) is 5.06. The molecule has 0 aromatic carbocycles. The summed E-state index contributed by atoms with van der Waals surface area (Å²) < 4.78 is 0. The number of aliphatic imine (C=N–C) groups is 2. The SMILES string of the molecule is C/N=C(\N=C/C1CCC1C)N1CC[C@H]2C(C)(C)C(=O)C(C#N)=C[C@]2(C)C1. The number of carbonyl (C=O) groups excluding carboxylic acids is 1. The van der Waals surface area contributed by atoms with E-state index in [9.17, 15) is 10.1 Å². The lowest BCUT2D eigenvalue weighted by atomic mass is 9.55. The normalized spacial score (nSPS) is 37.0. The van der Waals surface area contributed by atoms with E-state index in [-0.39, 0.29) is 17.1 Å². The minimum Gasteiger partial charge on any atom is -0.340 e. The predicted molar refractivity (Wildman–Crippen MR) is 104 cm³/mol. The number of Topliss-reactive ketones (excluding diaryl/α,β-unsaturated/α-hetero) is 1. The van der Waals surface area contributed by atoms with Gasteiger partial charge in [-0.1, -0.05) is 33.8 Å². The molecule has 0 amide bonds. The molecule has 0 N–H and O–H groups in total. The van der Waals surface area contributed by atoms with E-state index in [1.54, 1.807) is 7.05 Å². The number of fused-ring (bicyclic) bond motifs is 1. The number of hydrogen-bond donors (Lipinski definition) is 0. The zero-order valence-electron chi connectivity index (χ0n) is 16.6. The van der Waals surface area contributed by atoms with Gasteiger partial charge in [-0.2, -0.15) is 5.26 Å². The van der Waals surface area contributed by atoms with Gasteiger partial charge in [-0.3, -0.25) is 9.79 Å². The maximum absolute atomic E-state index is 12.6. The van der Waals surface area contributed by atoms with Gasteiger partial charge >= 0.3 is 0 Å². The Morgan fingerprint density at radius 3 is 2.62 bits per heavy atom. The van der Waals surface area contributed by atoms with Gasteiger partial charge in [-0.05, 0) is 37.0 Å². The number of guanidine groups is 1. The van der Waals surface area contributed by atoms with Crippen molar-refractivity contribution in [1.29, 1.82) is 5.26 Å². The van der Waals surface area contributed by atoms with E-state index in [4.69, 9.17) is 4.99 Å². The highest BCUT2D eigenvalue weighted by atomic mass is 16.1. The van der Waals surface area contributed by atoms with E-state index in [1.165, 1.54) is 12.8 Å². The third kappa shape index (κ3) is 3.00. The van der Waals surface area contributed by atoms with E-state index in [0.717, 1.165) is 25.5 Å². The van der Waals surface area contributed by atoms with Gasteiger partial charge in [0.15, 0.2) is 5.78 Å². The van der Waals surface area contributed by atoms with Crippen molar-refractivity contribution < 1.29 is 4.79 Å². The van der Waals surface area contributed by atoms with Gasteiger partial charge in [0.25, 0.3) is 0 Å². The van der Waals surface area contributed by atoms with Gasteiger partial charge in [0.1, 0.15) is 6.07 Å². The van der Waals surface area contributed by atoms with Crippen LogP contribution in [-0.2, 0) is 4.79 Å². The molecule has 0 aromatic heterocycles. The summed E-state index contributed by atoms with van der Waals surface area (Å²) in [5.41, 5.74) is -0.428. The minimum absolute atomic E-state index is 0.0164. The number of allylic oxidation sites excluding steroid dienone is 1. The predicted octanol–water partition coefficient (Wildman–Crippen LogP) is 3.48. The standard InChI is InChI=1S/C21H30N4O/c1-14-6-7-15(14)12-24-19(23-5)25-9-8-17-20(2,3)18(26)16(11-22)10-21(17,4)13-25/h10,12,14-15,17H,6-9,13H2,1-5H3/b23-19+,24-12-/t14?,15?,17-,21+/m0/s1. The lowest BCUT2D eigenvalue weighted by Gasteiger charge is -2.53. The average Bonchev–Trinajstić information content (AvgIpc) is 2.60. The third-order valence-corrected chi connectivity index (χ3v) is 6.86. The zero-order valence-corrected chi connectivity index (χ0v) is 16.6. The van der Waals surface area contributed by atoms with Crippen LogP contribution in [0.4, 0.5) is 0 Å². The molecule has 2 fully saturated rings. The highest BCUT2D eigenvalue weighted by Crippen LogP contribution is 2.52. The van der Waals surface area contributed by atoms with Crippen molar-refractivity contribution in [2.24, 2.45) is 38.6 Å². The van der Waals surface area contributed by atoms with Gasteiger partial charge in [-0.25, -0.2) is 4.99 Å². The van der Waals surface area contributed by atoms with Crippen LogP contribution < -0.4 is 0 Å². The van der Waals surface area contributed by atoms with Crippen LogP contribution >= 0.6 is 0 Å². The fraction of sp³-hybridized carbons (Fsp3) is 0.714. The van der Waals surface area contributed by atoms with Crippen molar-refractivity contribution in [2.75, 3.05) is 20.1 Å². The molecule has 0 spiro atoms. The Balaban J connectivity index is 1.84. The Labute approximate surface area is 156 Å². The molecular weight excluding hydrogens is 324 g/mol. The van der Waals surface area contributed by atoms with Crippen LogP contribution in [0, 0.1) is 39.9 Å². The third-order valence-electron chi connectivity index (χ3n) is 6.86. The van der Waals surface area contributed by atoms with Crippen molar-refractivity contribution in [3.8, 4) is 6.07 Å². The number of carbonyl (C=O) groups is 1. The van der Waals surface area contributed by atoms with E-state index in [2.05, 4.69) is 36.0 Å². The number of nitriles is 1. The molecule has 1 aliphatic heterocycles. The molecule has 3 rings (SSSR count). The summed E-state index contributed by atoms with van der Waals surface area (Å²) in [7, 11) is 1.79. The minimum atomic E-state index is -0.505. The smallest absolute Gasteiger partial charge is 0.220 e. The number of ketones is 1. The molecular formula is C21H30N4O. The molecule has 0 bridgehead atoms. The maximum Gasteiger partial charge on any atom is 0.220 e. The second-order valence-electron chi connectivity index (χ2n) is 9.01. The van der Waals surface area contributed by atoms with Crippen LogP contribution in [0.15, 0.2) is 21.6 Å². The quantitative estimate of drug-likeness (QED) is 0.535. The summed E-state index contributed by atoms with van der Waals surface area (Å²) in [6.07, 6.45) is 7.37. The first-order valence-electron chi connectivity index (χ1n) is 9.66. The van der Waals surface area contributed by atoms with Crippen LogP contribution in [-0.4, -0.2) is 43.0 Å².